The highest BCUT2D eigenvalue weighted by molar-refractivity contribution is 6.42. The molecule has 0 bridgehead atoms. The Labute approximate surface area is 108 Å². The van der Waals surface area contributed by atoms with Gasteiger partial charge in [-0.05, 0) is 18.2 Å². The van der Waals surface area contributed by atoms with Crippen LogP contribution in [0.25, 0.3) is 0 Å². The van der Waals surface area contributed by atoms with Gasteiger partial charge in [-0.2, -0.15) is 0 Å². The molecule has 3 N–H and O–H groups in total. The Morgan fingerprint density at radius 3 is 2.67 bits per heavy atom. The zero-order valence-electron chi connectivity index (χ0n) is 9.46. The number of methoxy groups -OCH3 is 1. The molecule has 7 heteroatoms. The van der Waals surface area contributed by atoms with Crippen LogP contribution >= 0.6 is 11.6 Å². The number of carboxylic acid groups (broad SMARTS) is 1. The first-order valence-electron chi connectivity index (χ1n) is 4.86. The van der Waals surface area contributed by atoms with Crippen molar-refractivity contribution >= 4 is 34.9 Å². The molecular weight excluding hydrogens is 260 g/mol. The molecule has 96 valence electrons. The van der Waals surface area contributed by atoms with E-state index < -0.39 is 23.7 Å². The lowest BCUT2D eigenvalue weighted by atomic mass is 10.2. The number of hydrogen-bond acceptors (Lipinski definition) is 5. The number of aliphatic carboxylic acids is 1. The van der Waals surface area contributed by atoms with Gasteiger partial charge in [-0.1, -0.05) is 17.7 Å². The molecule has 0 aliphatic carbocycles. The van der Waals surface area contributed by atoms with Gasteiger partial charge in [-0.15, -0.1) is 0 Å². The standard InChI is InChI=1S/C11H11ClN2O4/c1-18-11(17)9(8(13)10(15)16)14-7-4-2-3-6(12)5-7/h2-5,8H,13H2,1H3,(H,15,16). The zero-order valence-corrected chi connectivity index (χ0v) is 10.2. The van der Waals surface area contributed by atoms with Crippen molar-refractivity contribution in [3.8, 4) is 0 Å². The lowest BCUT2D eigenvalue weighted by Gasteiger charge is -2.08. The summed E-state index contributed by atoms with van der Waals surface area (Å²) < 4.78 is 4.44. The number of ether oxygens (including phenoxy) is 1. The Bertz CT molecular complexity index is 502. The van der Waals surface area contributed by atoms with E-state index in [1.807, 2.05) is 0 Å². The first kappa shape index (κ1) is 14.1. The van der Waals surface area contributed by atoms with Crippen molar-refractivity contribution in [2.45, 2.75) is 6.04 Å². The van der Waals surface area contributed by atoms with E-state index in [4.69, 9.17) is 22.4 Å². The molecule has 1 rings (SSSR count). The minimum Gasteiger partial charge on any atom is -0.480 e. The molecule has 1 aromatic rings. The normalized spacial score (nSPS) is 12.9. The maximum atomic E-state index is 11.4. The van der Waals surface area contributed by atoms with Crippen molar-refractivity contribution in [2.75, 3.05) is 7.11 Å². The number of carbonyl (C=O) groups is 2. The lowest BCUT2D eigenvalue weighted by molar-refractivity contribution is -0.139. The average Bonchev–Trinajstić information content (AvgIpc) is 2.34. The van der Waals surface area contributed by atoms with Gasteiger partial charge in [0.05, 0.1) is 12.8 Å². The molecule has 0 heterocycles. The molecule has 0 aliphatic rings. The van der Waals surface area contributed by atoms with Crippen LogP contribution in [0.4, 0.5) is 5.69 Å². The van der Waals surface area contributed by atoms with Gasteiger partial charge in [0.2, 0.25) is 0 Å². The molecular formula is C11H11ClN2O4. The minimum atomic E-state index is -1.56. The van der Waals surface area contributed by atoms with Crippen LogP contribution in [0, 0.1) is 0 Å². The third kappa shape index (κ3) is 3.54. The maximum Gasteiger partial charge on any atom is 0.354 e. The molecule has 0 saturated carbocycles. The number of halogens is 1. The second-order valence-electron chi connectivity index (χ2n) is 3.28. The first-order chi connectivity index (χ1) is 8.45. The SMILES string of the molecule is COC(=O)C(=Nc1cccc(Cl)c1)C(N)C(=O)O. The van der Waals surface area contributed by atoms with E-state index >= 15 is 0 Å². The van der Waals surface area contributed by atoms with Crippen LogP contribution in [0.3, 0.4) is 0 Å². The quantitative estimate of drug-likeness (QED) is 0.628. The van der Waals surface area contributed by atoms with Gasteiger partial charge in [0.25, 0.3) is 0 Å². The molecule has 0 aromatic heterocycles. The van der Waals surface area contributed by atoms with Crippen molar-refractivity contribution in [3.63, 3.8) is 0 Å². The van der Waals surface area contributed by atoms with E-state index in [2.05, 4.69) is 9.73 Å². The third-order valence-corrected chi connectivity index (χ3v) is 2.25. The Morgan fingerprint density at radius 2 is 2.17 bits per heavy atom. The largest absolute Gasteiger partial charge is 0.480 e. The summed E-state index contributed by atoms with van der Waals surface area (Å²) in [6.45, 7) is 0. The number of nitrogens with zero attached hydrogens (tertiary/aromatic N) is 1. The third-order valence-electron chi connectivity index (χ3n) is 2.01. The van der Waals surface area contributed by atoms with E-state index in [0.717, 1.165) is 7.11 Å². The van der Waals surface area contributed by atoms with Gasteiger partial charge < -0.3 is 15.6 Å². The van der Waals surface area contributed by atoms with Gasteiger partial charge in [-0.25, -0.2) is 9.79 Å². The summed E-state index contributed by atoms with van der Waals surface area (Å²) >= 11 is 5.75. The fraction of sp³-hybridized carbons (Fsp3) is 0.182. The number of esters is 1. The van der Waals surface area contributed by atoms with Crippen LogP contribution in [0.15, 0.2) is 29.3 Å². The monoisotopic (exact) mass is 270 g/mol. The van der Waals surface area contributed by atoms with Crippen LogP contribution in [0.2, 0.25) is 5.02 Å². The number of nitrogens with two attached hydrogens (primary N) is 1. The van der Waals surface area contributed by atoms with Crippen LogP contribution < -0.4 is 5.73 Å². The maximum absolute atomic E-state index is 11.4. The van der Waals surface area contributed by atoms with E-state index in [1.54, 1.807) is 18.2 Å². The van der Waals surface area contributed by atoms with Crippen LogP contribution in [0.1, 0.15) is 0 Å². The lowest BCUT2D eigenvalue weighted by Crippen LogP contribution is -2.43. The van der Waals surface area contributed by atoms with Gasteiger partial charge in [-0.3, -0.25) is 4.79 Å². The number of aliphatic imine (C=N–C) groups is 1. The number of benzene rings is 1. The average molecular weight is 271 g/mol. The number of hydrogen-bond donors (Lipinski definition) is 2. The summed E-state index contributed by atoms with van der Waals surface area (Å²) in [7, 11) is 1.12. The summed E-state index contributed by atoms with van der Waals surface area (Å²) in [6.07, 6.45) is 0. The Hall–Kier alpha value is -1.92. The van der Waals surface area contributed by atoms with Gasteiger partial charge >= 0.3 is 11.9 Å². The number of carbonyl (C=O) groups excluding carboxylic acids is 1. The summed E-state index contributed by atoms with van der Waals surface area (Å²) in [5.74, 6) is -2.27. The highest BCUT2D eigenvalue weighted by Crippen LogP contribution is 2.18. The van der Waals surface area contributed by atoms with E-state index in [-0.39, 0.29) is 0 Å². The molecule has 6 nitrogen and oxygen atoms in total. The van der Waals surface area contributed by atoms with Crippen molar-refractivity contribution < 1.29 is 19.4 Å². The molecule has 18 heavy (non-hydrogen) atoms. The smallest absolute Gasteiger partial charge is 0.354 e. The first-order valence-corrected chi connectivity index (χ1v) is 5.24. The fourth-order valence-corrected chi connectivity index (χ4v) is 1.33. The van der Waals surface area contributed by atoms with Crippen LogP contribution in [-0.4, -0.2) is 35.9 Å². The minimum absolute atomic E-state index is 0.319. The van der Waals surface area contributed by atoms with E-state index in [0.29, 0.717) is 10.7 Å². The van der Waals surface area contributed by atoms with Crippen molar-refractivity contribution in [3.05, 3.63) is 29.3 Å². The van der Waals surface area contributed by atoms with Crippen LogP contribution in [0.5, 0.6) is 0 Å². The van der Waals surface area contributed by atoms with E-state index in [1.165, 1.54) is 6.07 Å². The Kier molecular flexibility index (Phi) is 4.82. The molecule has 0 aliphatic heterocycles. The predicted molar refractivity (Wildman–Crippen MR) is 66.2 cm³/mol. The second-order valence-corrected chi connectivity index (χ2v) is 3.72. The second kappa shape index (κ2) is 6.13. The molecule has 0 radical (unpaired) electrons. The highest BCUT2D eigenvalue weighted by atomic mass is 35.5. The zero-order chi connectivity index (χ0) is 13.7. The Morgan fingerprint density at radius 1 is 1.50 bits per heavy atom. The van der Waals surface area contributed by atoms with Gasteiger partial charge in [0.1, 0.15) is 0 Å². The van der Waals surface area contributed by atoms with Crippen molar-refractivity contribution in [2.24, 2.45) is 10.7 Å². The molecule has 0 spiro atoms. The molecule has 0 saturated heterocycles. The highest BCUT2D eigenvalue weighted by Gasteiger charge is 2.26. The van der Waals surface area contributed by atoms with Gasteiger partial charge in [0.15, 0.2) is 11.8 Å². The number of carboxylic acids is 1. The van der Waals surface area contributed by atoms with Crippen LogP contribution in [-0.2, 0) is 14.3 Å². The molecule has 1 atom stereocenters. The van der Waals surface area contributed by atoms with E-state index in [9.17, 15) is 9.59 Å². The van der Waals surface area contributed by atoms with Gasteiger partial charge in [0, 0.05) is 5.02 Å². The predicted octanol–water partition coefficient (Wildman–Crippen LogP) is 0.997. The Balaban J connectivity index is 3.18. The summed E-state index contributed by atoms with van der Waals surface area (Å²) in [5, 5.41) is 9.20. The molecule has 0 fully saturated rings. The van der Waals surface area contributed by atoms with Crippen molar-refractivity contribution in [1.29, 1.82) is 0 Å². The summed E-state index contributed by atoms with van der Waals surface area (Å²) in [4.78, 5) is 26.1. The number of rotatable bonds is 4. The fourth-order valence-electron chi connectivity index (χ4n) is 1.15. The van der Waals surface area contributed by atoms with Crippen molar-refractivity contribution in [1.82, 2.24) is 0 Å². The topological polar surface area (TPSA) is 102 Å². The molecule has 1 unspecified atom stereocenters. The summed E-state index contributed by atoms with van der Waals surface area (Å²) in [6, 6.07) is 4.71. The molecule has 1 aromatic carbocycles. The summed E-state index contributed by atoms with van der Waals surface area (Å²) in [5.41, 5.74) is 5.28. The molecule has 0 amide bonds.